The van der Waals surface area contributed by atoms with Crippen LogP contribution in [0.1, 0.15) is 45.1 Å². The van der Waals surface area contributed by atoms with E-state index < -0.39 is 11.4 Å². The van der Waals surface area contributed by atoms with Gasteiger partial charge in [0.2, 0.25) is 0 Å². The third-order valence-electron chi connectivity index (χ3n) is 2.35. The number of aliphatic carboxylic acids is 1. The van der Waals surface area contributed by atoms with E-state index in [9.17, 15) is 4.79 Å². The third kappa shape index (κ3) is 1.78. The van der Waals surface area contributed by atoms with Crippen LogP contribution >= 0.6 is 0 Å². The number of aromatic amines is 1. The van der Waals surface area contributed by atoms with Gasteiger partial charge in [0.25, 0.3) is 0 Å². The highest BCUT2D eigenvalue weighted by atomic mass is 16.4. The fourth-order valence-electron chi connectivity index (χ4n) is 1.06. The summed E-state index contributed by atoms with van der Waals surface area (Å²) in [6.45, 7) is 7.34. The van der Waals surface area contributed by atoms with Crippen molar-refractivity contribution in [1.82, 2.24) is 9.97 Å². The Bertz CT molecular complexity index is 340. The Labute approximate surface area is 83.4 Å². The van der Waals surface area contributed by atoms with Gasteiger partial charge in [0.05, 0.1) is 5.69 Å². The molecule has 1 heterocycles. The Morgan fingerprint density at radius 2 is 2.14 bits per heavy atom. The van der Waals surface area contributed by atoms with Crippen LogP contribution in [0.3, 0.4) is 0 Å². The van der Waals surface area contributed by atoms with Crippen molar-refractivity contribution in [3.63, 3.8) is 0 Å². The van der Waals surface area contributed by atoms with Gasteiger partial charge in [-0.1, -0.05) is 13.8 Å². The van der Waals surface area contributed by atoms with Crippen LogP contribution in [0.15, 0.2) is 6.20 Å². The molecule has 0 aromatic carbocycles. The molecule has 0 saturated carbocycles. The molecule has 0 aliphatic carbocycles. The van der Waals surface area contributed by atoms with Crippen LogP contribution < -0.4 is 0 Å². The minimum absolute atomic E-state index is 0.286. The molecule has 0 bridgehead atoms. The third-order valence-corrected chi connectivity index (χ3v) is 2.35. The number of imidazole rings is 1. The summed E-state index contributed by atoms with van der Waals surface area (Å²) in [5.41, 5.74) is -0.256. The van der Waals surface area contributed by atoms with E-state index in [0.717, 1.165) is 5.82 Å². The van der Waals surface area contributed by atoms with Crippen molar-refractivity contribution in [2.45, 2.75) is 39.0 Å². The van der Waals surface area contributed by atoms with Crippen LogP contribution in [0.25, 0.3) is 0 Å². The first kappa shape index (κ1) is 10.8. The summed E-state index contributed by atoms with van der Waals surface area (Å²) >= 11 is 0. The van der Waals surface area contributed by atoms with Gasteiger partial charge in [-0.3, -0.25) is 4.79 Å². The van der Waals surface area contributed by atoms with Crippen LogP contribution in [-0.4, -0.2) is 21.0 Å². The van der Waals surface area contributed by atoms with E-state index in [2.05, 4.69) is 9.97 Å². The van der Waals surface area contributed by atoms with Gasteiger partial charge in [-0.15, -0.1) is 0 Å². The van der Waals surface area contributed by atoms with Crippen molar-refractivity contribution >= 4 is 5.97 Å². The standard InChI is InChI=1S/C10H16N2O2/c1-6(2)8-11-5-7(12-8)10(3,4)9(13)14/h5-6H,1-4H3,(H,11,12)(H,13,14). The Balaban J connectivity index is 3.03. The number of aromatic nitrogens is 2. The van der Waals surface area contributed by atoms with Gasteiger partial charge in [0, 0.05) is 12.1 Å². The summed E-state index contributed by atoms with van der Waals surface area (Å²) in [5, 5.41) is 8.99. The van der Waals surface area contributed by atoms with Crippen molar-refractivity contribution < 1.29 is 9.90 Å². The van der Waals surface area contributed by atoms with Gasteiger partial charge in [-0.2, -0.15) is 0 Å². The molecular formula is C10H16N2O2. The predicted molar refractivity (Wildman–Crippen MR) is 53.3 cm³/mol. The maximum atomic E-state index is 11.0. The van der Waals surface area contributed by atoms with E-state index in [-0.39, 0.29) is 5.92 Å². The molecule has 1 aromatic heterocycles. The molecule has 0 amide bonds. The number of carboxylic acid groups (broad SMARTS) is 1. The van der Waals surface area contributed by atoms with E-state index in [1.807, 2.05) is 13.8 Å². The first-order valence-corrected chi connectivity index (χ1v) is 4.64. The highest BCUT2D eigenvalue weighted by Gasteiger charge is 2.31. The lowest BCUT2D eigenvalue weighted by atomic mass is 9.90. The van der Waals surface area contributed by atoms with E-state index >= 15 is 0 Å². The fourth-order valence-corrected chi connectivity index (χ4v) is 1.06. The molecule has 0 fully saturated rings. The largest absolute Gasteiger partial charge is 0.481 e. The average Bonchev–Trinajstić information content (AvgIpc) is 2.51. The SMILES string of the molecule is CC(C)c1ncc(C(C)(C)C(=O)O)[nH]1. The second kappa shape index (κ2) is 3.44. The van der Waals surface area contributed by atoms with E-state index in [1.54, 1.807) is 20.0 Å². The normalized spacial score (nSPS) is 12.1. The zero-order valence-electron chi connectivity index (χ0n) is 8.96. The Hall–Kier alpha value is -1.32. The number of carboxylic acids is 1. The highest BCUT2D eigenvalue weighted by Crippen LogP contribution is 2.23. The molecule has 0 saturated heterocycles. The molecule has 14 heavy (non-hydrogen) atoms. The summed E-state index contributed by atoms with van der Waals surface area (Å²) in [5.74, 6) is 0.263. The molecule has 0 spiro atoms. The quantitative estimate of drug-likeness (QED) is 0.775. The molecule has 0 aliphatic heterocycles. The van der Waals surface area contributed by atoms with Gasteiger partial charge >= 0.3 is 5.97 Å². The zero-order valence-corrected chi connectivity index (χ0v) is 8.96. The van der Waals surface area contributed by atoms with Crippen molar-refractivity contribution in [2.24, 2.45) is 0 Å². The summed E-state index contributed by atoms with van der Waals surface area (Å²) in [4.78, 5) is 18.1. The fraction of sp³-hybridized carbons (Fsp3) is 0.600. The smallest absolute Gasteiger partial charge is 0.315 e. The van der Waals surface area contributed by atoms with Gasteiger partial charge in [-0.05, 0) is 13.8 Å². The molecule has 2 N–H and O–H groups in total. The number of H-pyrrole nitrogens is 1. The van der Waals surface area contributed by atoms with Crippen LogP contribution in [0.4, 0.5) is 0 Å². The van der Waals surface area contributed by atoms with Crippen molar-refractivity contribution in [1.29, 1.82) is 0 Å². The second-order valence-corrected chi connectivity index (χ2v) is 4.27. The molecule has 1 aromatic rings. The van der Waals surface area contributed by atoms with Gasteiger partial charge in [-0.25, -0.2) is 4.98 Å². The molecule has 4 heteroatoms. The Kier molecular flexibility index (Phi) is 2.64. The van der Waals surface area contributed by atoms with Crippen molar-refractivity contribution in [3.8, 4) is 0 Å². The lowest BCUT2D eigenvalue weighted by Gasteiger charge is -2.16. The zero-order chi connectivity index (χ0) is 10.9. The minimum Gasteiger partial charge on any atom is -0.481 e. The number of nitrogens with one attached hydrogen (secondary N) is 1. The maximum Gasteiger partial charge on any atom is 0.315 e. The van der Waals surface area contributed by atoms with Crippen LogP contribution in [0, 0.1) is 0 Å². The Morgan fingerprint density at radius 1 is 1.57 bits per heavy atom. The lowest BCUT2D eigenvalue weighted by Crippen LogP contribution is -2.28. The number of nitrogens with zero attached hydrogens (tertiary/aromatic N) is 1. The maximum absolute atomic E-state index is 11.0. The number of rotatable bonds is 3. The lowest BCUT2D eigenvalue weighted by molar-refractivity contribution is -0.142. The molecule has 0 unspecified atom stereocenters. The predicted octanol–water partition coefficient (Wildman–Crippen LogP) is 1.90. The highest BCUT2D eigenvalue weighted by molar-refractivity contribution is 5.79. The molecule has 0 atom stereocenters. The van der Waals surface area contributed by atoms with E-state index in [4.69, 9.17) is 5.11 Å². The average molecular weight is 196 g/mol. The molecule has 1 rings (SSSR count). The van der Waals surface area contributed by atoms with Crippen LogP contribution in [0.2, 0.25) is 0 Å². The minimum atomic E-state index is -0.903. The summed E-state index contributed by atoms with van der Waals surface area (Å²) < 4.78 is 0. The first-order chi connectivity index (χ1) is 6.35. The molecule has 4 nitrogen and oxygen atoms in total. The van der Waals surface area contributed by atoms with Crippen LogP contribution in [-0.2, 0) is 10.2 Å². The molecular weight excluding hydrogens is 180 g/mol. The molecule has 78 valence electrons. The van der Waals surface area contributed by atoms with Gasteiger partial charge in [0.15, 0.2) is 0 Å². The number of hydrogen-bond donors (Lipinski definition) is 2. The van der Waals surface area contributed by atoms with Crippen molar-refractivity contribution in [3.05, 3.63) is 17.7 Å². The molecule has 0 radical (unpaired) electrons. The molecule has 0 aliphatic rings. The van der Waals surface area contributed by atoms with Gasteiger partial charge < -0.3 is 10.1 Å². The summed E-state index contributed by atoms with van der Waals surface area (Å²) in [6.07, 6.45) is 1.60. The monoisotopic (exact) mass is 196 g/mol. The van der Waals surface area contributed by atoms with Gasteiger partial charge in [0.1, 0.15) is 11.2 Å². The Morgan fingerprint density at radius 3 is 2.50 bits per heavy atom. The number of hydrogen-bond acceptors (Lipinski definition) is 2. The van der Waals surface area contributed by atoms with Crippen molar-refractivity contribution in [2.75, 3.05) is 0 Å². The van der Waals surface area contributed by atoms with Crippen LogP contribution in [0.5, 0.6) is 0 Å². The summed E-state index contributed by atoms with van der Waals surface area (Å²) in [6, 6.07) is 0. The van der Waals surface area contributed by atoms with E-state index in [1.165, 1.54) is 0 Å². The second-order valence-electron chi connectivity index (χ2n) is 4.27. The first-order valence-electron chi connectivity index (χ1n) is 4.64. The topological polar surface area (TPSA) is 66.0 Å². The number of carbonyl (C=O) groups is 1. The van der Waals surface area contributed by atoms with E-state index in [0.29, 0.717) is 5.69 Å². The summed E-state index contributed by atoms with van der Waals surface area (Å²) in [7, 11) is 0.